The van der Waals surface area contributed by atoms with Crippen molar-refractivity contribution in [3.8, 4) is 0 Å². The molecule has 0 aromatic rings. The zero-order chi connectivity index (χ0) is 31.8. The summed E-state index contributed by atoms with van der Waals surface area (Å²) in [4.78, 5) is 0. The minimum atomic E-state index is -4.24. The molecule has 0 radical (unpaired) electrons. The van der Waals surface area contributed by atoms with Crippen molar-refractivity contribution in [1.29, 1.82) is 0 Å². The minimum absolute atomic E-state index is 0.389. The molecule has 0 aromatic carbocycles. The van der Waals surface area contributed by atoms with E-state index in [1.54, 1.807) is 0 Å². The van der Waals surface area contributed by atoms with Gasteiger partial charge < -0.3 is 0 Å². The van der Waals surface area contributed by atoms with E-state index in [-0.39, 0.29) is 0 Å². The van der Waals surface area contributed by atoms with Crippen molar-refractivity contribution in [3.63, 3.8) is 0 Å². The molecule has 0 fully saturated rings. The Labute approximate surface area is 265 Å². The molecular formula is C26H62O12Si3Sn. The third kappa shape index (κ3) is 16.0. The van der Waals surface area contributed by atoms with Crippen LogP contribution in [0.3, 0.4) is 0 Å². The maximum atomic E-state index is 7.06. The summed E-state index contributed by atoms with van der Waals surface area (Å²) >= 11 is -4.24. The van der Waals surface area contributed by atoms with Crippen molar-refractivity contribution >= 4 is 46.3 Å². The van der Waals surface area contributed by atoms with Gasteiger partial charge >= 0.3 is 266 Å². The average Bonchev–Trinajstić information content (AvgIpc) is 2.93. The van der Waals surface area contributed by atoms with Crippen LogP contribution in [-0.2, 0) is 49.8 Å². The van der Waals surface area contributed by atoms with Crippen LogP contribution in [0.5, 0.6) is 0 Å². The van der Waals surface area contributed by atoms with Crippen molar-refractivity contribution in [1.82, 2.24) is 0 Å². The third-order valence-electron chi connectivity index (χ3n) is 5.65. The van der Waals surface area contributed by atoms with Gasteiger partial charge in [0.1, 0.15) is 0 Å². The van der Waals surface area contributed by atoms with E-state index < -0.39 is 46.3 Å². The van der Waals surface area contributed by atoms with E-state index in [0.29, 0.717) is 70.5 Å². The summed E-state index contributed by atoms with van der Waals surface area (Å²) in [6.45, 7) is 23.4. The molecule has 12 nitrogen and oxygen atoms in total. The molecule has 0 atom stereocenters. The first-order valence-corrected chi connectivity index (χ1v) is 27.3. The number of hydrogen-bond acceptors (Lipinski definition) is 12. The molecular weight excluding hydrogens is 707 g/mol. The van der Waals surface area contributed by atoms with Crippen LogP contribution in [0, 0.1) is 0 Å². The Hall–Kier alpha value is 0.969. The summed E-state index contributed by atoms with van der Waals surface area (Å²) in [7, 11) is -10.3. The zero-order valence-corrected chi connectivity index (χ0v) is 34.1. The molecule has 0 rings (SSSR count). The Balaban J connectivity index is 6.38. The fourth-order valence-electron chi connectivity index (χ4n) is 4.21. The van der Waals surface area contributed by atoms with Crippen molar-refractivity contribution in [2.75, 3.05) is 66.1 Å². The SMILES string of the molecule is CCC[CH2][Sn]([CH2]CCCO[Si](OCC)(OCC)OCC)([O][Si](OCC)(OCC)OCC)[O][Si](OCC)(OCC)OCC. The summed E-state index contributed by atoms with van der Waals surface area (Å²) in [6, 6.07) is 0. The van der Waals surface area contributed by atoms with Crippen molar-refractivity contribution < 1.29 is 49.8 Å². The predicted molar refractivity (Wildman–Crippen MR) is 170 cm³/mol. The normalized spacial score (nSPS) is 13.3. The molecule has 16 heteroatoms. The Bertz CT molecular complexity index is 562. The second kappa shape index (κ2) is 25.1. The van der Waals surface area contributed by atoms with Gasteiger partial charge in [0.05, 0.1) is 0 Å². The van der Waals surface area contributed by atoms with E-state index in [0.717, 1.165) is 30.1 Å². The van der Waals surface area contributed by atoms with E-state index in [1.165, 1.54) is 0 Å². The summed E-state index contributed by atoms with van der Waals surface area (Å²) in [5, 5.41) is 0. The topological polar surface area (TPSA) is 111 Å². The molecule has 0 aliphatic heterocycles. The molecule has 0 saturated heterocycles. The van der Waals surface area contributed by atoms with Crippen LogP contribution in [0.25, 0.3) is 0 Å². The first-order valence-electron chi connectivity index (χ1n) is 16.0. The molecule has 0 aromatic heterocycles. The van der Waals surface area contributed by atoms with Gasteiger partial charge in [-0.05, 0) is 0 Å². The molecule has 0 unspecified atom stereocenters. The molecule has 0 saturated carbocycles. The molecule has 0 bridgehead atoms. The molecule has 42 heavy (non-hydrogen) atoms. The fraction of sp³-hybridized carbons (Fsp3) is 1.00. The Kier molecular flexibility index (Phi) is 25.7. The van der Waals surface area contributed by atoms with Crippen molar-refractivity contribution in [3.05, 3.63) is 0 Å². The maximum absolute atomic E-state index is 7.06. The Morgan fingerprint density at radius 1 is 0.357 bits per heavy atom. The van der Waals surface area contributed by atoms with Gasteiger partial charge in [0, 0.05) is 0 Å². The van der Waals surface area contributed by atoms with E-state index in [9.17, 15) is 0 Å². The van der Waals surface area contributed by atoms with Gasteiger partial charge in [-0.15, -0.1) is 0 Å². The average molecular weight is 770 g/mol. The van der Waals surface area contributed by atoms with E-state index in [1.807, 2.05) is 62.3 Å². The van der Waals surface area contributed by atoms with Crippen molar-refractivity contribution in [2.24, 2.45) is 0 Å². The predicted octanol–water partition coefficient (Wildman–Crippen LogP) is 5.69. The van der Waals surface area contributed by atoms with E-state index >= 15 is 0 Å². The van der Waals surface area contributed by atoms with E-state index in [2.05, 4.69) is 6.92 Å². The van der Waals surface area contributed by atoms with Crippen LogP contribution in [0.15, 0.2) is 0 Å². The third-order valence-corrected chi connectivity index (χ3v) is 30.3. The molecule has 0 heterocycles. The van der Waals surface area contributed by atoms with Gasteiger partial charge in [-0.3, -0.25) is 0 Å². The first-order chi connectivity index (χ1) is 20.2. The van der Waals surface area contributed by atoms with Crippen LogP contribution >= 0.6 is 0 Å². The van der Waals surface area contributed by atoms with Gasteiger partial charge in [-0.1, -0.05) is 0 Å². The second-order valence-corrected chi connectivity index (χ2v) is 26.8. The van der Waals surface area contributed by atoms with Gasteiger partial charge in [-0.25, -0.2) is 0 Å². The number of rotatable bonds is 31. The Morgan fingerprint density at radius 2 is 0.667 bits per heavy atom. The van der Waals surface area contributed by atoms with E-state index in [4.69, 9.17) is 49.8 Å². The van der Waals surface area contributed by atoms with Gasteiger partial charge in [0.15, 0.2) is 0 Å². The number of unbranched alkanes of at least 4 members (excludes halogenated alkanes) is 2. The first kappa shape index (κ1) is 43.0. The van der Waals surface area contributed by atoms with Crippen LogP contribution < -0.4 is 0 Å². The van der Waals surface area contributed by atoms with Crippen LogP contribution in [0.1, 0.15) is 94.9 Å². The zero-order valence-electron chi connectivity index (χ0n) is 28.2. The van der Waals surface area contributed by atoms with Gasteiger partial charge in [0.2, 0.25) is 0 Å². The van der Waals surface area contributed by atoms with Gasteiger partial charge in [-0.2, -0.15) is 0 Å². The van der Waals surface area contributed by atoms with Gasteiger partial charge in [0.25, 0.3) is 0 Å². The molecule has 254 valence electrons. The summed E-state index contributed by atoms with van der Waals surface area (Å²) in [6.07, 6.45) is 3.36. The molecule has 0 spiro atoms. The monoisotopic (exact) mass is 770 g/mol. The standard InChI is InChI=1S/C10H23O4Si.2C6H15O4Si.C4H9.Sn/c1-5-9-10-14-15(11-6-2,12-7-3)13-8-4;2*1-4-8-11(7,9-5-2)10-6-3;1-3-4-2;/h1,5-10H2,2-4H3;2*4-6H2,1-3H3;1,3-4H2,2H3;/q;2*-1;;+2. The second-order valence-electron chi connectivity index (χ2n) is 8.92. The molecule has 0 N–H and O–H groups in total. The summed E-state index contributed by atoms with van der Waals surface area (Å²) in [5.41, 5.74) is 0. The summed E-state index contributed by atoms with van der Waals surface area (Å²) < 4.78 is 76.2. The van der Waals surface area contributed by atoms with Crippen molar-refractivity contribution in [2.45, 2.75) is 104 Å². The fourth-order valence-corrected chi connectivity index (χ4v) is 31.5. The van der Waals surface area contributed by atoms with Crippen LogP contribution in [0.2, 0.25) is 8.87 Å². The molecule has 0 amide bonds. The molecule has 0 aliphatic rings. The molecule has 0 aliphatic carbocycles. The summed E-state index contributed by atoms with van der Waals surface area (Å²) in [5.74, 6) is 0. The Morgan fingerprint density at radius 3 is 0.976 bits per heavy atom. The number of hydrogen-bond donors (Lipinski definition) is 0. The van der Waals surface area contributed by atoms with Crippen LogP contribution in [0.4, 0.5) is 0 Å². The quantitative estimate of drug-likeness (QED) is 0.0638. The van der Waals surface area contributed by atoms with Crippen LogP contribution in [-0.4, -0.2) is 112 Å².